The molecule has 1 atom stereocenters. The molecule has 13 nitrogen and oxygen atoms in total. The van der Waals surface area contributed by atoms with Crippen molar-refractivity contribution in [3.63, 3.8) is 0 Å². The molecular formula is C30H36ClN5O8. The number of carbonyl (C=O) groups excluding carboxylic acids is 2. The first kappa shape index (κ1) is 34.2. The lowest BCUT2D eigenvalue weighted by Gasteiger charge is -2.34. The van der Waals surface area contributed by atoms with E-state index in [1.165, 1.54) is 37.4 Å². The number of methoxy groups -OCH3 is 1. The van der Waals surface area contributed by atoms with Crippen LogP contribution in [0, 0.1) is 20.2 Å². The molecule has 1 saturated heterocycles. The minimum absolute atomic E-state index is 0. The number of dihydropyridines is 1. The van der Waals surface area contributed by atoms with Crippen molar-refractivity contribution in [1.82, 2.24) is 15.1 Å². The fourth-order valence-electron chi connectivity index (χ4n) is 5.48. The number of nitrogens with one attached hydrogen (secondary N) is 1. The van der Waals surface area contributed by atoms with E-state index >= 15 is 0 Å². The van der Waals surface area contributed by atoms with Gasteiger partial charge < -0.3 is 19.7 Å². The van der Waals surface area contributed by atoms with Crippen LogP contribution in [0.25, 0.3) is 0 Å². The molecule has 0 aromatic heterocycles. The van der Waals surface area contributed by atoms with Gasteiger partial charge in [-0.25, -0.2) is 9.59 Å². The average molecular weight is 630 g/mol. The van der Waals surface area contributed by atoms with Crippen LogP contribution >= 0.6 is 12.4 Å². The number of carbonyl (C=O) groups is 2. The van der Waals surface area contributed by atoms with Gasteiger partial charge in [0.2, 0.25) is 0 Å². The van der Waals surface area contributed by atoms with Crippen molar-refractivity contribution in [3.05, 3.63) is 102 Å². The minimum atomic E-state index is -0.898. The summed E-state index contributed by atoms with van der Waals surface area (Å²) in [6.45, 7) is 8.39. The van der Waals surface area contributed by atoms with Crippen LogP contribution in [0.3, 0.4) is 0 Å². The Bertz CT molecular complexity index is 1450. The highest BCUT2D eigenvalue weighted by atomic mass is 35.5. The highest BCUT2D eigenvalue weighted by Gasteiger charge is 2.38. The summed E-state index contributed by atoms with van der Waals surface area (Å²) < 4.78 is 10.7. The Labute approximate surface area is 261 Å². The maximum absolute atomic E-state index is 13.4. The van der Waals surface area contributed by atoms with Gasteiger partial charge in [0.1, 0.15) is 0 Å². The maximum atomic E-state index is 13.4. The Morgan fingerprint density at radius 3 is 2.07 bits per heavy atom. The molecule has 14 heteroatoms. The average Bonchev–Trinajstić information content (AvgIpc) is 2.99. The lowest BCUT2D eigenvalue weighted by atomic mass is 9.80. The number of nitro benzene ring substituents is 2. The molecule has 44 heavy (non-hydrogen) atoms. The number of nitro groups is 2. The summed E-state index contributed by atoms with van der Waals surface area (Å²) in [5.41, 5.74) is 2.73. The third-order valence-electron chi connectivity index (χ3n) is 7.67. The zero-order chi connectivity index (χ0) is 31.1. The van der Waals surface area contributed by atoms with E-state index in [2.05, 4.69) is 15.1 Å². The minimum Gasteiger partial charge on any atom is -0.466 e. The van der Waals surface area contributed by atoms with E-state index in [0.717, 1.165) is 44.8 Å². The molecule has 2 aliphatic heterocycles. The number of nitrogens with zero attached hydrogens (tertiary/aromatic N) is 4. The van der Waals surface area contributed by atoms with E-state index in [9.17, 15) is 29.8 Å². The Morgan fingerprint density at radius 2 is 1.48 bits per heavy atom. The molecular weight excluding hydrogens is 594 g/mol. The smallest absolute Gasteiger partial charge is 0.336 e. The zero-order valence-corrected chi connectivity index (χ0v) is 25.6. The van der Waals surface area contributed by atoms with E-state index in [0.29, 0.717) is 23.4 Å². The van der Waals surface area contributed by atoms with Gasteiger partial charge in [-0.05, 0) is 31.4 Å². The standard InChI is InChI=1S/C30H35N5O8.ClH/c1-20-26(29(36)42-3)28(23-6-4-7-25(18-23)35(40)41)27(21(2)31-20)30(37)43-17-5-12-32-13-15-33(16-14-32)19-22-8-10-24(11-9-22)34(38)39;/h4,6-11,18,28,31H,5,12-17,19H2,1-3H3;1H. The van der Waals surface area contributed by atoms with Crippen LogP contribution in [0.5, 0.6) is 0 Å². The molecule has 2 aromatic carbocycles. The molecule has 2 aromatic rings. The second-order valence-corrected chi connectivity index (χ2v) is 10.5. The largest absolute Gasteiger partial charge is 0.466 e. The van der Waals surface area contributed by atoms with Gasteiger partial charge in [0.05, 0.1) is 40.6 Å². The Balaban J connectivity index is 0.00000529. The first-order chi connectivity index (χ1) is 20.6. The Kier molecular flexibility index (Phi) is 12.0. The number of rotatable bonds is 11. The predicted octanol–water partition coefficient (Wildman–Crippen LogP) is 4.08. The van der Waals surface area contributed by atoms with E-state index in [1.807, 2.05) is 0 Å². The second-order valence-electron chi connectivity index (χ2n) is 10.5. The van der Waals surface area contributed by atoms with Gasteiger partial charge in [-0.3, -0.25) is 25.1 Å². The number of allylic oxidation sites excluding steroid dienone is 2. The lowest BCUT2D eigenvalue weighted by Crippen LogP contribution is -2.46. The van der Waals surface area contributed by atoms with Crippen molar-refractivity contribution in [2.24, 2.45) is 0 Å². The number of halogens is 1. The molecule has 0 spiro atoms. The van der Waals surface area contributed by atoms with E-state index in [4.69, 9.17) is 9.47 Å². The monoisotopic (exact) mass is 629 g/mol. The van der Waals surface area contributed by atoms with Crippen molar-refractivity contribution in [2.75, 3.05) is 46.4 Å². The summed E-state index contributed by atoms with van der Waals surface area (Å²) in [5, 5.41) is 25.4. The third-order valence-corrected chi connectivity index (χ3v) is 7.67. The summed E-state index contributed by atoms with van der Waals surface area (Å²) in [4.78, 5) is 52.2. The predicted molar refractivity (Wildman–Crippen MR) is 164 cm³/mol. The van der Waals surface area contributed by atoms with Crippen LogP contribution in [-0.2, 0) is 25.6 Å². The van der Waals surface area contributed by atoms with Crippen LogP contribution in [0.2, 0.25) is 0 Å². The number of benzene rings is 2. The van der Waals surface area contributed by atoms with Gasteiger partial charge in [-0.2, -0.15) is 0 Å². The normalized spacial score (nSPS) is 17.4. The van der Waals surface area contributed by atoms with Crippen molar-refractivity contribution >= 4 is 35.7 Å². The number of ether oxygens (including phenoxy) is 2. The molecule has 0 aliphatic carbocycles. The van der Waals surface area contributed by atoms with Crippen molar-refractivity contribution < 1.29 is 28.9 Å². The summed E-state index contributed by atoms with van der Waals surface area (Å²) >= 11 is 0. The van der Waals surface area contributed by atoms with E-state index < -0.39 is 27.7 Å². The van der Waals surface area contributed by atoms with Gasteiger partial charge in [0.15, 0.2) is 0 Å². The van der Waals surface area contributed by atoms with Crippen LogP contribution in [0.1, 0.15) is 37.3 Å². The lowest BCUT2D eigenvalue weighted by molar-refractivity contribution is -0.385. The van der Waals surface area contributed by atoms with Crippen molar-refractivity contribution in [2.45, 2.75) is 32.7 Å². The molecule has 1 N–H and O–H groups in total. The summed E-state index contributed by atoms with van der Waals surface area (Å²) in [5.74, 6) is -2.15. The number of hydrogen-bond acceptors (Lipinski definition) is 11. The van der Waals surface area contributed by atoms with Crippen LogP contribution in [0.15, 0.2) is 71.1 Å². The van der Waals surface area contributed by atoms with Crippen molar-refractivity contribution in [1.29, 1.82) is 0 Å². The fourth-order valence-corrected chi connectivity index (χ4v) is 5.48. The van der Waals surface area contributed by atoms with Gasteiger partial charge >= 0.3 is 11.9 Å². The molecule has 0 radical (unpaired) electrons. The topological polar surface area (TPSA) is 157 Å². The highest BCUT2D eigenvalue weighted by Crippen LogP contribution is 2.40. The molecule has 2 heterocycles. The van der Waals surface area contributed by atoms with E-state index in [-0.39, 0.29) is 41.5 Å². The summed E-state index contributed by atoms with van der Waals surface area (Å²) in [7, 11) is 1.24. The van der Waals surface area contributed by atoms with Gasteiger partial charge in [0.25, 0.3) is 11.4 Å². The molecule has 236 valence electrons. The summed E-state index contributed by atoms with van der Waals surface area (Å²) in [6.07, 6.45) is 0.605. The molecule has 4 rings (SSSR count). The Morgan fingerprint density at radius 1 is 0.886 bits per heavy atom. The molecule has 1 unspecified atom stereocenters. The zero-order valence-electron chi connectivity index (χ0n) is 24.8. The van der Waals surface area contributed by atoms with E-state index in [1.54, 1.807) is 32.0 Å². The molecule has 0 bridgehead atoms. The fraction of sp³-hybridized carbons (Fsp3) is 0.400. The molecule has 0 amide bonds. The number of hydrogen-bond donors (Lipinski definition) is 1. The van der Waals surface area contributed by atoms with Gasteiger partial charge in [-0.15, -0.1) is 12.4 Å². The van der Waals surface area contributed by atoms with Gasteiger partial charge in [-0.1, -0.05) is 24.3 Å². The number of non-ortho nitro benzene ring substituents is 2. The van der Waals surface area contributed by atoms with Crippen LogP contribution in [0.4, 0.5) is 11.4 Å². The van der Waals surface area contributed by atoms with Crippen LogP contribution in [-0.4, -0.2) is 78.0 Å². The quantitative estimate of drug-likeness (QED) is 0.165. The third kappa shape index (κ3) is 8.18. The van der Waals surface area contributed by atoms with Gasteiger partial charge in [0, 0.05) is 74.9 Å². The van der Waals surface area contributed by atoms with Crippen molar-refractivity contribution in [3.8, 4) is 0 Å². The molecule has 1 fully saturated rings. The maximum Gasteiger partial charge on any atom is 0.336 e. The molecule has 0 saturated carbocycles. The highest BCUT2D eigenvalue weighted by molar-refractivity contribution is 5.99. The second kappa shape index (κ2) is 15.4. The first-order valence-electron chi connectivity index (χ1n) is 14.0. The van der Waals surface area contributed by atoms with Crippen LogP contribution < -0.4 is 5.32 Å². The molecule has 2 aliphatic rings. The SMILES string of the molecule is COC(=O)C1=C(C)NC(C)=C(C(=O)OCCCN2CCN(Cc3ccc([N+](=O)[O-])cc3)CC2)C1c1cccc([N+](=O)[O-])c1.Cl. The Hall–Kier alpha value is -4.33. The number of piperazine rings is 1. The number of esters is 2. The summed E-state index contributed by atoms with van der Waals surface area (Å²) in [6, 6.07) is 12.5. The first-order valence-corrected chi connectivity index (χ1v) is 14.0.